The molecule has 1 aromatic heterocycles. The van der Waals surface area contributed by atoms with Crippen LogP contribution in [0.25, 0.3) is 0 Å². The van der Waals surface area contributed by atoms with Crippen LogP contribution in [-0.2, 0) is 16.0 Å². The van der Waals surface area contributed by atoms with Crippen LogP contribution in [0, 0.1) is 5.92 Å². The van der Waals surface area contributed by atoms with E-state index >= 15 is 0 Å². The van der Waals surface area contributed by atoms with E-state index in [4.69, 9.17) is 0 Å². The maximum atomic E-state index is 13.4. The summed E-state index contributed by atoms with van der Waals surface area (Å²) < 4.78 is 2.06. The van der Waals surface area contributed by atoms with Gasteiger partial charge in [0.25, 0.3) is 5.82 Å². The topological polar surface area (TPSA) is 85.6 Å². The zero-order chi connectivity index (χ0) is 20.6. The molecule has 0 saturated heterocycles. The minimum atomic E-state index is -0.626. The van der Waals surface area contributed by atoms with Gasteiger partial charge in [-0.05, 0) is 25.5 Å². The van der Waals surface area contributed by atoms with Crippen LogP contribution < -0.4 is 20.1 Å². The van der Waals surface area contributed by atoms with E-state index in [1.807, 2.05) is 39.1 Å². The Hall–Kier alpha value is -2.64. The first-order valence-corrected chi connectivity index (χ1v) is 9.87. The Labute approximate surface area is 165 Å². The Morgan fingerprint density at radius 3 is 2.75 bits per heavy atom. The van der Waals surface area contributed by atoms with Gasteiger partial charge in [-0.3, -0.25) is 4.79 Å². The summed E-state index contributed by atoms with van der Waals surface area (Å²) in [7, 11) is 3.36. The molecule has 28 heavy (non-hydrogen) atoms. The Bertz CT molecular complexity index is 794. The average molecular weight is 388 g/mol. The van der Waals surface area contributed by atoms with Crippen molar-refractivity contribution in [1.82, 2.24) is 15.5 Å². The molecule has 0 radical (unpaired) electrons. The standard InChI is InChI=1S/C20H29N5O3/c1-6-12(2)17(26)22-16-13(3)24-9-7-8-14-10-15(11-21-20(28)23(4)5)25(18(14)24)19(16)27/h7-9,12-13,15-16H,6,10-11H2,1-5H3,(H-,21,22,26,28)/p+1/t12-,13?,15+,16+/m1/s1. The smallest absolute Gasteiger partial charge is 0.336 e. The largest absolute Gasteiger partial charge is 0.339 e. The van der Waals surface area contributed by atoms with Gasteiger partial charge in [-0.2, -0.15) is 4.90 Å². The molecule has 1 aromatic rings. The SMILES string of the molecule is CC[C@@H](C)C(=O)N[C@@H]1C(=O)N2c3c(ccc[n+]3C1C)C[C@H]2CNC(=O)N(C)C. The Balaban J connectivity index is 1.88. The van der Waals surface area contributed by atoms with E-state index in [1.165, 1.54) is 4.90 Å². The molecule has 4 atom stereocenters. The van der Waals surface area contributed by atoms with Crippen LogP contribution in [0.15, 0.2) is 18.3 Å². The molecule has 0 aromatic carbocycles. The summed E-state index contributed by atoms with van der Waals surface area (Å²) in [4.78, 5) is 41.0. The number of hydrogen-bond donors (Lipinski definition) is 2. The van der Waals surface area contributed by atoms with E-state index < -0.39 is 6.04 Å². The van der Waals surface area contributed by atoms with Crippen LogP contribution in [0.1, 0.15) is 38.8 Å². The number of pyridine rings is 1. The number of urea groups is 1. The van der Waals surface area contributed by atoms with E-state index in [9.17, 15) is 14.4 Å². The van der Waals surface area contributed by atoms with Crippen molar-refractivity contribution in [1.29, 1.82) is 0 Å². The summed E-state index contributed by atoms with van der Waals surface area (Å²) in [5, 5.41) is 5.83. The van der Waals surface area contributed by atoms with Gasteiger partial charge in [0.05, 0.1) is 12.7 Å². The van der Waals surface area contributed by atoms with Crippen LogP contribution in [0.2, 0.25) is 0 Å². The van der Waals surface area contributed by atoms with Crippen molar-refractivity contribution >= 4 is 23.7 Å². The molecule has 0 fully saturated rings. The highest BCUT2D eigenvalue weighted by molar-refractivity contribution is 6.01. The van der Waals surface area contributed by atoms with Crippen molar-refractivity contribution in [2.45, 2.75) is 51.7 Å². The first kappa shape index (κ1) is 20.1. The molecule has 0 bridgehead atoms. The monoisotopic (exact) mass is 388 g/mol. The number of anilines is 1. The number of nitrogens with zero attached hydrogens (tertiary/aromatic N) is 3. The number of aromatic nitrogens is 1. The molecule has 2 N–H and O–H groups in total. The van der Waals surface area contributed by atoms with Crippen LogP contribution in [-0.4, -0.2) is 55.5 Å². The van der Waals surface area contributed by atoms with Gasteiger partial charge in [-0.25, -0.2) is 14.2 Å². The zero-order valence-corrected chi connectivity index (χ0v) is 17.2. The molecule has 3 rings (SSSR count). The third-order valence-corrected chi connectivity index (χ3v) is 5.80. The lowest BCUT2D eigenvalue weighted by molar-refractivity contribution is -0.711. The minimum Gasteiger partial charge on any atom is -0.339 e. The molecule has 3 heterocycles. The van der Waals surface area contributed by atoms with Crippen LogP contribution >= 0.6 is 0 Å². The molecule has 0 aliphatic carbocycles. The van der Waals surface area contributed by atoms with Crippen molar-refractivity contribution in [3.05, 3.63) is 23.9 Å². The normalized spacial score (nSPS) is 23.8. The van der Waals surface area contributed by atoms with Gasteiger partial charge in [-0.15, -0.1) is 0 Å². The van der Waals surface area contributed by atoms with Gasteiger partial charge in [0, 0.05) is 32.0 Å². The number of carbonyl (C=O) groups is 3. The van der Waals surface area contributed by atoms with E-state index in [2.05, 4.69) is 15.2 Å². The summed E-state index contributed by atoms with van der Waals surface area (Å²) in [6, 6.07) is 2.82. The van der Waals surface area contributed by atoms with Crippen LogP contribution in [0.3, 0.4) is 0 Å². The number of amides is 4. The molecular formula is C20H30N5O3+. The van der Waals surface area contributed by atoms with Crippen molar-refractivity contribution in [2.24, 2.45) is 5.92 Å². The quantitative estimate of drug-likeness (QED) is 0.725. The van der Waals surface area contributed by atoms with Crippen LogP contribution in [0.4, 0.5) is 10.6 Å². The lowest BCUT2D eigenvalue weighted by atomic mass is 10.0. The fourth-order valence-electron chi connectivity index (χ4n) is 3.84. The fourth-order valence-corrected chi connectivity index (χ4v) is 3.84. The van der Waals surface area contributed by atoms with Crippen LogP contribution in [0.5, 0.6) is 0 Å². The van der Waals surface area contributed by atoms with Crippen molar-refractivity contribution in [3.8, 4) is 0 Å². The second kappa shape index (κ2) is 7.77. The van der Waals surface area contributed by atoms with E-state index in [0.29, 0.717) is 13.0 Å². The maximum absolute atomic E-state index is 13.4. The molecule has 0 saturated carbocycles. The molecule has 2 aliphatic heterocycles. The van der Waals surface area contributed by atoms with Gasteiger partial charge in [0.1, 0.15) is 12.1 Å². The minimum absolute atomic E-state index is 0.107. The summed E-state index contributed by atoms with van der Waals surface area (Å²) >= 11 is 0. The summed E-state index contributed by atoms with van der Waals surface area (Å²) in [6.45, 7) is 6.13. The predicted octanol–water partition coefficient (Wildman–Crippen LogP) is 0.609. The third kappa shape index (κ3) is 3.43. The third-order valence-electron chi connectivity index (χ3n) is 5.80. The molecule has 8 heteroatoms. The summed E-state index contributed by atoms with van der Waals surface area (Å²) in [5.41, 5.74) is 1.08. The zero-order valence-electron chi connectivity index (χ0n) is 17.2. The predicted molar refractivity (Wildman–Crippen MR) is 105 cm³/mol. The van der Waals surface area contributed by atoms with Gasteiger partial charge in [0.15, 0.2) is 6.04 Å². The molecule has 8 nitrogen and oxygen atoms in total. The Morgan fingerprint density at radius 2 is 2.11 bits per heavy atom. The van der Waals surface area contributed by atoms with E-state index in [-0.39, 0.29) is 35.8 Å². The number of nitrogens with one attached hydrogen (secondary N) is 2. The van der Waals surface area contributed by atoms with E-state index in [1.54, 1.807) is 19.0 Å². The first-order chi connectivity index (χ1) is 13.3. The Kier molecular flexibility index (Phi) is 5.58. The lowest BCUT2D eigenvalue weighted by Gasteiger charge is -2.33. The van der Waals surface area contributed by atoms with Crippen molar-refractivity contribution < 1.29 is 19.0 Å². The molecule has 152 valence electrons. The van der Waals surface area contributed by atoms with Gasteiger partial charge >= 0.3 is 11.9 Å². The molecule has 2 aliphatic rings. The molecular weight excluding hydrogens is 358 g/mol. The maximum Gasteiger partial charge on any atom is 0.336 e. The van der Waals surface area contributed by atoms with E-state index in [0.717, 1.165) is 17.8 Å². The molecule has 1 unspecified atom stereocenters. The highest BCUT2D eigenvalue weighted by atomic mass is 16.2. The van der Waals surface area contributed by atoms with Crippen molar-refractivity contribution in [2.75, 3.05) is 25.5 Å². The molecule has 0 spiro atoms. The highest BCUT2D eigenvalue weighted by Gasteiger charge is 2.53. The number of hydrogen-bond acceptors (Lipinski definition) is 3. The molecule has 4 amide bonds. The second-order valence-corrected chi connectivity index (χ2v) is 7.95. The average Bonchev–Trinajstić information content (AvgIpc) is 3.05. The number of carbonyl (C=O) groups excluding carboxylic acids is 3. The Morgan fingerprint density at radius 1 is 1.39 bits per heavy atom. The van der Waals surface area contributed by atoms with Gasteiger partial charge < -0.3 is 15.5 Å². The second-order valence-electron chi connectivity index (χ2n) is 7.95. The van der Waals surface area contributed by atoms with Crippen molar-refractivity contribution in [3.63, 3.8) is 0 Å². The fraction of sp³-hybridized carbons (Fsp3) is 0.600. The van der Waals surface area contributed by atoms with Gasteiger partial charge in [0.2, 0.25) is 5.91 Å². The summed E-state index contributed by atoms with van der Waals surface area (Å²) in [6.07, 6.45) is 3.35. The van der Waals surface area contributed by atoms with Gasteiger partial charge in [-0.1, -0.05) is 13.8 Å². The number of rotatable bonds is 5. The first-order valence-electron chi connectivity index (χ1n) is 9.87. The lowest BCUT2D eigenvalue weighted by Crippen LogP contribution is -2.67. The highest BCUT2D eigenvalue weighted by Crippen LogP contribution is 2.34. The summed E-state index contributed by atoms with van der Waals surface area (Å²) in [5.74, 6) is 0.507.